The highest BCUT2D eigenvalue weighted by atomic mass is 31.3. The van der Waals surface area contributed by atoms with Gasteiger partial charge in [0, 0.05) is 0 Å². The van der Waals surface area contributed by atoms with Crippen LogP contribution in [0.3, 0.4) is 0 Å². The predicted molar refractivity (Wildman–Crippen MR) is 148 cm³/mol. The van der Waals surface area contributed by atoms with Crippen molar-refractivity contribution in [1.82, 2.24) is 14.7 Å². The highest BCUT2D eigenvalue weighted by Gasteiger charge is 2.83. The summed E-state index contributed by atoms with van der Waals surface area (Å²) < 4.78 is 102. The van der Waals surface area contributed by atoms with Gasteiger partial charge in [0.2, 0.25) is 11.0 Å². The third-order valence-electron chi connectivity index (χ3n) is 5.79. The van der Waals surface area contributed by atoms with Crippen molar-refractivity contribution >= 4 is 66.7 Å². The van der Waals surface area contributed by atoms with Gasteiger partial charge in [-0.25, -0.2) is 14.7 Å². The molecule has 0 amide bonds. The SMILES string of the molecule is CCN(C(P(=O)(O)O)P(=O)(O)O)C(N(CC(=O)O)C(N(CC)C(P(=O)(O)O)P(=O)(O)O)(P(=O)(O)O)P(=O)(O)O)(P(=O)(O)O)P(=O)(O)O. The van der Waals surface area contributed by atoms with E-state index >= 15 is 0 Å². The van der Waals surface area contributed by atoms with Gasteiger partial charge in [-0.2, -0.15) is 0 Å². The Morgan fingerprint density at radius 3 is 0.787 bits per heavy atom. The van der Waals surface area contributed by atoms with Crippen molar-refractivity contribution in [3.63, 3.8) is 0 Å². The third-order valence-corrected chi connectivity index (χ3v) is 21.2. The van der Waals surface area contributed by atoms with E-state index in [1.165, 1.54) is 0 Å². The molecule has 0 spiro atoms. The van der Waals surface area contributed by atoms with Gasteiger partial charge in [-0.15, -0.1) is 0 Å². The molecule has 0 rings (SSSR count). The number of carbonyl (C=O) groups is 1. The Morgan fingerprint density at radius 1 is 0.489 bits per heavy atom. The Morgan fingerprint density at radius 2 is 0.681 bits per heavy atom. The van der Waals surface area contributed by atoms with E-state index in [0.717, 1.165) is 0 Å². The fourth-order valence-electron chi connectivity index (χ4n) is 4.68. The molecule has 0 aliphatic heterocycles. The Kier molecular flexibility index (Phi) is 14.7. The minimum atomic E-state index is -7.77. The maximum absolute atomic E-state index is 13.2. The molecule has 0 aliphatic rings. The molecular weight excluding hydrogens is 826 g/mol. The molecule has 0 aromatic rings. The molecule has 0 radical (unpaired) electrons. The Bertz CT molecular complexity index is 1370. The van der Waals surface area contributed by atoms with Gasteiger partial charge in [-0.05, 0) is 13.1 Å². The minimum absolute atomic E-state index is 0.291. The van der Waals surface area contributed by atoms with Crippen LogP contribution in [0.25, 0.3) is 0 Å². The van der Waals surface area contributed by atoms with E-state index in [1.54, 1.807) is 0 Å². The van der Waals surface area contributed by atoms with Gasteiger partial charge in [0.1, 0.15) is 6.54 Å². The average Bonchev–Trinajstić information content (AvgIpc) is 2.69. The number of hydrogen-bond donors (Lipinski definition) is 17. The molecular formula is C10H31N3O26P8. The molecule has 0 aromatic heterocycles. The van der Waals surface area contributed by atoms with E-state index in [-0.39, 0.29) is 0 Å². The standard InChI is InChI=1S/C10H31N3O26P8/c1-3-11(7(40(16,17)18)41(19,20)21)9(44(28,29)30,45(31,32)33)13(5-6(14)15)10(46(34,35)36,47(37,38)39)12(4-2)8(42(22,23)24)43(25,26)27/h7-8H,3-5H2,1-2H3,(H,14,15)(H2,16,17,18)(H2,19,20,21)(H2,22,23,24)(H2,25,26,27)(H2,28,29,30)(H2,31,32,33)(H2,34,35,36)(H2,37,38,39). The smallest absolute Gasteiger partial charge is 0.373 e. The molecule has 37 heteroatoms. The number of carboxylic acid groups (broad SMARTS) is 1. The first-order chi connectivity index (χ1) is 20.2. The lowest BCUT2D eigenvalue weighted by molar-refractivity contribution is -0.144. The Labute approximate surface area is 261 Å². The molecule has 0 heterocycles. The van der Waals surface area contributed by atoms with Crippen molar-refractivity contribution in [3.05, 3.63) is 0 Å². The first kappa shape index (κ1) is 47.5. The van der Waals surface area contributed by atoms with Gasteiger partial charge in [0.05, 0.1) is 0 Å². The van der Waals surface area contributed by atoms with Gasteiger partial charge < -0.3 is 83.4 Å². The van der Waals surface area contributed by atoms with E-state index in [0.29, 0.717) is 13.8 Å². The minimum Gasteiger partial charge on any atom is -0.480 e. The fraction of sp³-hybridized carbons (Fsp3) is 0.900. The summed E-state index contributed by atoms with van der Waals surface area (Å²) in [4.78, 5) is 169. The topological polar surface area (TPSA) is 507 Å². The van der Waals surface area contributed by atoms with Gasteiger partial charge in [-0.1, -0.05) is 13.8 Å². The van der Waals surface area contributed by atoms with Crippen LogP contribution in [0, 0.1) is 0 Å². The van der Waals surface area contributed by atoms with E-state index in [2.05, 4.69) is 0 Å². The van der Waals surface area contributed by atoms with Gasteiger partial charge in [0.25, 0.3) is 10.3 Å². The van der Waals surface area contributed by atoms with Gasteiger partial charge in [-0.3, -0.25) is 41.3 Å². The summed E-state index contributed by atoms with van der Waals surface area (Å²) in [6.07, 6.45) is 0. The van der Waals surface area contributed by atoms with Crippen molar-refractivity contribution in [2.45, 2.75) is 35.2 Å². The molecule has 0 saturated heterocycles. The lowest BCUT2D eigenvalue weighted by Crippen LogP contribution is -2.74. The summed E-state index contributed by atoms with van der Waals surface area (Å²) in [5.41, 5.74) is -8.64. The fourth-order valence-corrected chi connectivity index (χ4v) is 18.8. The second kappa shape index (κ2) is 14.5. The zero-order chi connectivity index (χ0) is 38.6. The monoisotopic (exact) mass is 857 g/mol. The second-order valence-electron chi connectivity index (χ2n) is 8.98. The molecule has 17 N–H and O–H groups in total. The van der Waals surface area contributed by atoms with E-state index in [1.807, 2.05) is 0 Å². The summed E-state index contributed by atoms with van der Waals surface area (Å²) in [5, 5.41) is -2.12. The van der Waals surface area contributed by atoms with E-state index in [9.17, 15) is 125 Å². The predicted octanol–water partition coefficient (Wildman–Crippen LogP) is -3.77. The first-order valence-corrected chi connectivity index (χ1v) is 24.3. The quantitative estimate of drug-likeness (QED) is 0.0465. The molecule has 0 fully saturated rings. The van der Waals surface area contributed by atoms with E-state index in [4.69, 9.17) is 0 Å². The highest BCUT2D eigenvalue weighted by Crippen LogP contribution is 2.83. The molecule has 0 unspecified atom stereocenters. The summed E-state index contributed by atoms with van der Waals surface area (Å²) in [5.74, 6) is -2.93. The van der Waals surface area contributed by atoms with Crippen molar-refractivity contribution in [2.24, 2.45) is 0 Å². The normalized spacial score (nSPS) is 15.8. The molecule has 0 aromatic carbocycles. The van der Waals surface area contributed by atoms with Crippen LogP contribution in [0.5, 0.6) is 0 Å². The van der Waals surface area contributed by atoms with Crippen LogP contribution in [0.4, 0.5) is 0 Å². The maximum atomic E-state index is 13.2. The van der Waals surface area contributed by atoms with Crippen LogP contribution in [-0.2, 0) is 41.3 Å². The number of carboxylic acids is 1. The lowest BCUT2D eigenvalue weighted by Gasteiger charge is -2.59. The van der Waals surface area contributed by atoms with E-state index < -0.39 is 122 Å². The Balaban J connectivity index is 9.90. The van der Waals surface area contributed by atoms with Crippen molar-refractivity contribution in [3.8, 4) is 0 Å². The largest absolute Gasteiger partial charge is 0.480 e. The van der Waals surface area contributed by atoms with Crippen LogP contribution in [0.1, 0.15) is 13.8 Å². The molecule has 0 saturated carbocycles. The van der Waals surface area contributed by atoms with Crippen LogP contribution in [-0.4, -0.2) is 145 Å². The van der Waals surface area contributed by atoms with Crippen LogP contribution >= 0.6 is 60.8 Å². The number of hydrogen-bond acceptors (Lipinski definition) is 12. The molecule has 0 aliphatic carbocycles. The highest BCUT2D eigenvalue weighted by molar-refractivity contribution is 7.75. The van der Waals surface area contributed by atoms with Crippen LogP contribution in [0.15, 0.2) is 0 Å². The summed E-state index contributed by atoms with van der Waals surface area (Å²) in [7, 11) is -58.5. The zero-order valence-corrected chi connectivity index (χ0v) is 30.1. The van der Waals surface area contributed by atoms with Crippen LogP contribution < -0.4 is 0 Å². The van der Waals surface area contributed by atoms with Crippen molar-refractivity contribution < 1.29 is 125 Å². The maximum Gasteiger partial charge on any atom is 0.373 e. The summed E-state index contributed by atoms with van der Waals surface area (Å²) >= 11 is 0. The Hall–Kier alpha value is 0.550. The molecule has 29 nitrogen and oxygen atoms in total. The molecule has 0 atom stereocenters. The molecule has 282 valence electrons. The lowest BCUT2D eigenvalue weighted by atomic mass is 10.5. The van der Waals surface area contributed by atoms with Gasteiger partial charge >= 0.3 is 66.7 Å². The average molecular weight is 857 g/mol. The molecule has 0 bridgehead atoms. The van der Waals surface area contributed by atoms with Crippen molar-refractivity contribution in [1.29, 1.82) is 0 Å². The third kappa shape index (κ3) is 9.14. The zero-order valence-electron chi connectivity index (χ0n) is 23.0. The molecule has 47 heavy (non-hydrogen) atoms. The summed E-state index contributed by atoms with van der Waals surface area (Å²) in [6.45, 7) is -6.45. The van der Waals surface area contributed by atoms with Gasteiger partial charge in [0.15, 0.2) is 0 Å². The van der Waals surface area contributed by atoms with Crippen LogP contribution in [0.2, 0.25) is 0 Å². The number of nitrogens with zero attached hydrogens (tertiary/aromatic N) is 3. The summed E-state index contributed by atoms with van der Waals surface area (Å²) in [6, 6.07) is 0. The second-order valence-corrected chi connectivity index (χ2v) is 24.0. The first-order valence-electron chi connectivity index (χ1n) is 11.1. The van der Waals surface area contributed by atoms with Crippen molar-refractivity contribution in [2.75, 3.05) is 19.6 Å². The number of aliphatic carboxylic acids is 1. The number of rotatable bonds is 18.